The third-order valence-electron chi connectivity index (χ3n) is 3.32. The van der Waals surface area contributed by atoms with Crippen molar-refractivity contribution >= 4 is 11.0 Å². The standard InChI is InChI=1S/C14H19N3O3/c1-16(2)8-14-15-10-6-12-13(20-9-19-12)7-11(10)17(14)4-3-5-18/h6-7,18H,3-5,8-9H2,1-2H3. The SMILES string of the molecule is CN(C)Cc1nc2cc3c(cc2n1CCCO)OCO3. The zero-order chi connectivity index (χ0) is 14.1. The Morgan fingerprint density at radius 2 is 2.05 bits per heavy atom. The maximum atomic E-state index is 9.08. The minimum Gasteiger partial charge on any atom is -0.454 e. The number of hydrogen-bond donors (Lipinski definition) is 1. The van der Waals surface area contributed by atoms with Crippen molar-refractivity contribution in [2.45, 2.75) is 19.5 Å². The summed E-state index contributed by atoms with van der Waals surface area (Å²) in [5, 5.41) is 9.08. The largest absolute Gasteiger partial charge is 0.454 e. The Labute approximate surface area is 117 Å². The van der Waals surface area contributed by atoms with Gasteiger partial charge < -0.3 is 24.0 Å². The van der Waals surface area contributed by atoms with E-state index >= 15 is 0 Å². The highest BCUT2D eigenvalue weighted by Gasteiger charge is 2.19. The van der Waals surface area contributed by atoms with Crippen molar-refractivity contribution in [1.82, 2.24) is 14.5 Å². The van der Waals surface area contributed by atoms with Crippen LogP contribution in [0.3, 0.4) is 0 Å². The molecule has 2 heterocycles. The second-order valence-corrected chi connectivity index (χ2v) is 5.19. The first-order chi connectivity index (χ1) is 9.69. The summed E-state index contributed by atoms with van der Waals surface area (Å²) >= 11 is 0. The Morgan fingerprint density at radius 3 is 2.75 bits per heavy atom. The van der Waals surface area contributed by atoms with Crippen LogP contribution in [0.5, 0.6) is 11.5 Å². The monoisotopic (exact) mass is 277 g/mol. The average molecular weight is 277 g/mol. The number of fused-ring (bicyclic) bond motifs is 2. The summed E-state index contributed by atoms with van der Waals surface area (Å²) in [6.45, 7) is 1.94. The Kier molecular flexibility index (Phi) is 3.50. The molecule has 0 spiro atoms. The number of imidazole rings is 1. The van der Waals surface area contributed by atoms with Crippen LogP contribution >= 0.6 is 0 Å². The van der Waals surface area contributed by atoms with Crippen molar-refractivity contribution < 1.29 is 14.6 Å². The number of ether oxygens (including phenoxy) is 2. The van der Waals surface area contributed by atoms with Crippen LogP contribution in [0.2, 0.25) is 0 Å². The van der Waals surface area contributed by atoms with Gasteiger partial charge in [0.25, 0.3) is 0 Å². The Morgan fingerprint density at radius 1 is 1.30 bits per heavy atom. The van der Waals surface area contributed by atoms with Gasteiger partial charge in [-0.2, -0.15) is 0 Å². The van der Waals surface area contributed by atoms with Crippen molar-refractivity contribution in [1.29, 1.82) is 0 Å². The van der Waals surface area contributed by atoms with Gasteiger partial charge in [-0.1, -0.05) is 0 Å². The number of benzene rings is 1. The molecule has 0 fully saturated rings. The summed E-state index contributed by atoms with van der Waals surface area (Å²) < 4.78 is 13.0. The van der Waals surface area contributed by atoms with Crippen LogP contribution in [0.4, 0.5) is 0 Å². The van der Waals surface area contributed by atoms with Crippen molar-refractivity contribution in [3.63, 3.8) is 0 Å². The lowest BCUT2D eigenvalue weighted by Crippen LogP contribution is -2.16. The quantitative estimate of drug-likeness (QED) is 0.890. The first-order valence-electron chi connectivity index (χ1n) is 6.73. The topological polar surface area (TPSA) is 59.8 Å². The van der Waals surface area contributed by atoms with Gasteiger partial charge in [0.1, 0.15) is 5.82 Å². The van der Waals surface area contributed by atoms with Gasteiger partial charge in [-0.3, -0.25) is 0 Å². The average Bonchev–Trinajstić information content (AvgIpc) is 2.96. The van der Waals surface area contributed by atoms with E-state index in [1.165, 1.54) is 0 Å². The van der Waals surface area contributed by atoms with Gasteiger partial charge in [0, 0.05) is 25.3 Å². The summed E-state index contributed by atoms with van der Waals surface area (Å²) in [4.78, 5) is 6.77. The smallest absolute Gasteiger partial charge is 0.231 e. The zero-order valence-electron chi connectivity index (χ0n) is 11.8. The van der Waals surface area contributed by atoms with Gasteiger partial charge >= 0.3 is 0 Å². The summed E-state index contributed by atoms with van der Waals surface area (Å²) in [7, 11) is 4.03. The van der Waals surface area contributed by atoms with Gasteiger partial charge in [0.05, 0.1) is 17.6 Å². The van der Waals surface area contributed by atoms with Gasteiger partial charge in [0.2, 0.25) is 6.79 Å². The third kappa shape index (κ3) is 2.32. The van der Waals surface area contributed by atoms with E-state index < -0.39 is 0 Å². The lowest BCUT2D eigenvalue weighted by atomic mass is 10.2. The fraction of sp³-hybridized carbons (Fsp3) is 0.500. The van der Waals surface area contributed by atoms with Crippen LogP contribution < -0.4 is 9.47 Å². The van der Waals surface area contributed by atoms with Gasteiger partial charge in [-0.05, 0) is 20.5 Å². The molecule has 0 saturated heterocycles. The zero-order valence-corrected chi connectivity index (χ0v) is 11.8. The fourth-order valence-corrected chi connectivity index (χ4v) is 2.45. The summed E-state index contributed by atoms with van der Waals surface area (Å²) in [6.07, 6.45) is 0.709. The molecule has 108 valence electrons. The van der Waals surface area contributed by atoms with E-state index in [9.17, 15) is 0 Å². The molecule has 1 aliphatic heterocycles. The van der Waals surface area contributed by atoms with E-state index in [1.807, 2.05) is 26.2 Å². The predicted molar refractivity (Wildman–Crippen MR) is 74.9 cm³/mol. The van der Waals surface area contributed by atoms with Gasteiger partial charge in [-0.15, -0.1) is 0 Å². The summed E-state index contributed by atoms with van der Waals surface area (Å²) in [5.74, 6) is 2.50. The molecule has 6 heteroatoms. The Bertz CT molecular complexity index is 622. The highest BCUT2D eigenvalue weighted by atomic mass is 16.7. The van der Waals surface area contributed by atoms with E-state index in [2.05, 4.69) is 14.5 Å². The van der Waals surface area contributed by atoms with Gasteiger partial charge in [0.15, 0.2) is 11.5 Å². The number of aliphatic hydroxyl groups excluding tert-OH is 1. The van der Waals surface area contributed by atoms with Crippen molar-refractivity contribution in [3.8, 4) is 11.5 Å². The van der Waals surface area contributed by atoms with Crippen molar-refractivity contribution in [2.24, 2.45) is 0 Å². The lowest BCUT2D eigenvalue weighted by molar-refractivity contribution is 0.174. The second kappa shape index (κ2) is 5.30. The lowest BCUT2D eigenvalue weighted by Gasteiger charge is -2.12. The highest BCUT2D eigenvalue weighted by Crippen LogP contribution is 2.36. The van der Waals surface area contributed by atoms with Crippen LogP contribution in [0.25, 0.3) is 11.0 Å². The van der Waals surface area contributed by atoms with E-state index in [0.29, 0.717) is 6.42 Å². The minimum absolute atomic E-state index is 0.172. The number of aromatic nitrogens is 2. The predicted octanol–water partition coefficient (Wildman–Crippen LogP) is 1.21. The van der Waals surface area contributed by atoms with Crippen molar-refractivity contribution in [3.05, 3.63) is 18.0 Å². The molecule has 2 aromatic rings. The molecule has 6 nitrogen and oxygen atoms in total. The molecule has 0 bridgehead atoms. The molecular formula is C14H19N3O3. The molecule has 0 amide bonds. The summed E-state index contributed by atoms with van der Waals surface area (Å²) in [6, 6.07) is 3.90. The molecule has 0 aliphatic carbocycles. The first-order valence-corrected chi connectivity index (χ1v) is 6.73. The molecule has 0 unspecified atom stereocenters. The molecule has 1 aliphatic rings. The maximum Gasteiger partial charge on any atom is 0.231 e. The molecule has 20 heavy (non-hydrogen) atoms. The first kappa shape index (κ1) is 13.2. The fourth-order valence-electron chi connectivity index (χ4n) is 2.45. The van der Waals surface area contributed by atoms with Crippen LogP contribution in [0.15, 0.2) is 12.1 Å². The number of rotatable bonds is 5. The number of hydrogen-bond acceptors (Lipinski definition) is 5. The highest BCUT2D eigenvalue weighted by molar-refractivity contribution is 5.81. The van der Waals surface area contributed by atoms with Crippen LogP contribution in [-0.4, -0.2) is 47.1 Å². The molecule has 0 atom stereocenters. The van der Waals surface area contributed by atoms with Crippen LogP contribution in [0, 0.1) is 0 Å². The molecular weight excluding hydrogens is 258 g/mol. The molecule has 0 saturated carbocycles. The van der Waals surface area contributed by atoms with Gasteiger partial charge in [-0.25, -0.2) is 4.98 Å². The third-order valence-corrected chi connectivity index (χ3v) is 3.32. The number of aryl methyl sites for hydroxylation is 1. The minimum atomic E-state index is 0.172. The molecule has 1 aromatic heterocycles. The number of aliphatic hydroxyl groups is 1. The molecule has 0 radical (unpaired) electrons. The van der Waals surface area contributed by atoms with E-state index in [0.717, 1.165) is 41.4 Å². The van der Waals surface area contributed by atoms with Crippen molar-refractivity contribution in [2.75, 3.05) is 27.5 Å². The van der Waals surface area contributed by atoms with Crippen LogP contribution in [-0.2, 0) is 13.1 Å². The maximum absolute atomic E-state index is 9.08. The normalized spacial score (nSPS) is 13.6. The second-order valence-electron chi connectivity index (χ2n) is 5.19. The Hall–Kier alpha value is -1.79. The van der Waals surface area contributed by atoms with E-state index in [1.54, 1.807) is 0 Å². The summed E-state index contributed by atoms with van der Waals surface area (Å²) in [5.41, 5.74) is 1.93. The molecule has 1 N–H and O–H groups in total. The Balaban J connectivity index is 2.08. The van der Waals surface area contributed by atoms with E-state index in [4.69, 9.17) is 14.6 Å². The molecule has 1 aromatic carbocycles. The van der Waals surface area contributed by atoms with E-state index in [-0.39, 0.29) is 13.4 Å². The number of nitrogens with zero attached hydrogens (tertiary/aromatic N) is 3. The molecule has 3 rings (SSSR count). The van der Waals surface area contributed by atoms with Crippen LogP contribution in [0.1, 0.15) is 12.2 Å².